The molecule has 0 saturated carbocycles. The second-order valence-corrected chi connectivity index (χ2v) is 6.29. The number of likely N-dealkylation sites (tertiary alicyclic amines) is 1. The number of ether oxygens (including phenoxy) is 1. The van der Waals surface area contributed by atoms with Gasteiger partial charge in [-0.15, -0.1) is 0 Å². The molecular weight excluding hydrogens is 228 g/mol. The van der Waals surface area contributed by atoms with Crippen LogP contribution in [0.2, 0.25) is 0 Å². The van der Waals surface area contributed by atoms with Gasteiger partial charge in [-0.1, -0.05) is 0 Å². The molecule has 0 aliphatic carbocycles. The Morgan fingerprint density at radius 3 is 2.50 bits per heavy atom. The summed E-state index contributed by atoms with van der Waals surface area (Å²) in [6.45, 7) is 12.3. The molecule has 2 heterocycles. The van der Waals surface area contributed by atoms with Gasteiger partial charge in [0.05, 0.1) is 13.2 Å². The van der Waals surface area contributed by atoms with E-state index >= 15 is 0 Å². The fourth-order valence-electron chi connectivity index (χ4n) is 3.24. The van der Waals surface area contributed by atoms with Crippen molar-refractivity contribution in [3.05, 3.63) is 0 Å². The molecule has 18 heavy (non-hydrogen) atoms. The van der Waals surface area contributed by atoms with E-state index in [9.17, 15) is 5.11 Å². The second-order valence-electron chi connectivity index (χ2n) is 6.29. The van der Waals surface area contributed by atoms with Crippen LogP contribution >= 0.6 is 0 Å². The molecule has 0 amide bonds. The van der Waals surface area contributed by atoms with E-state index in [1.807, 2.05) is 0 Å². The molecule has 1 N–H and O–H groups in total. The standard InChI is InChI=1S/C14H28N2O2/c1-14(2)11-13(12-17)3-4-16(14)6-5-15-7-9-18-10-8-15/h13,17H,3-12H2,1-2H3. The summed E-state index contributed by atoms with van der Waals surface area (Å²) in [5.41, 5.74) is 0.234. The van der Waals surface area contributed by atoms with Crippen molar-refractivity contribution in [3.63, 3.8) is 0 Å². The molecule has 4 nitrogen and oxygen atoms in total. The molecule has 0 bridgehead atoms. The highest BCUT2D eigenvalue weighted by Gasteiger charge is 2.34. The predicted molar refractivity (Wildman–Crippen MR) is 72.7 cm³/mol. The van der Waals surface area contributed by atoms with E-state index in [1.165, 1.54) is 0 Å². The largest absolute Gasteiger partial charge is 0.396 e. The molecule has 106 valence electrons. The maximum atomic E-state index is 9.30. The van der Waals surface area contributed by atoms with Crippen LogP contribution in [0.5, 0.6) is 0 Å². The number of piperidine rings is 1. The average Bonchev–Trinajstić information content (AvgIpc) is 2.37. The smallest absolute Gasteiger partial charge is 0.0594 e. The normalized spacial score (nSPS) is 30.5. The van der Waals surface area contributed by atoms with Gasteiger partial charge in [-0.25, -0.2) is 0 Å². The molecule has 0 aromatic heterocycles. The maximum absolute atomic E-state index is 9.30. The van der Waals surface area contributed by atoms with Gasteiger partial charge < -0.3 is 9.84 Å². The minimum absolute atomic E-state index is 0.234. The summed E-state index contributed by atoms with van der Waals surface area (Å²) >= 11 is 0. The first-order valence-electron chi connectivity index (χ1n) is 7.28. The molecule has 0 aromatic carbocycles. The average molecular weight is 256 g/mol. The van der Waals surface area contributed by atoms with E-state index in [0.29, 0.717) is 12.5 Å². The lowest BCUT2D eigenvalue weighted by atomic mass is 9.83. The van der Waals surface area contributed by atoms with E-state index in [2.05, 4.69) is 23.6 Å². The Morgan fingerprint density at radius 1 is 1.17 bits per heavy atom. The monoisotopic (exact) mass is 256 g/mol. The van der Waals surface area contributed by atoms with Crippen LogP contribution in [0.1, 0.15) is 26.7 Å². The summed E-state index contributed by atoms with van der Waals surface area (Å²) < 4.78 is 5.38. The van der Waals surface area contributed by atoms with Crippen molar-refractivity contribution in [1.82, 2.24) is 9.80 Å². The molecule has 0 radical (unpaired) electrons. The predicted octanol–water partition coefficient (Wildman–Crippen LogP) is 0.802. The van der Waals surface area contributed by atoms with Gasteiger partial charge in [-0.05, 0) is 39.2 Å². The first-order chi connectivity index (χ1) is 8.62. The zero-order chi connectivity index (χ0) is 13.0. The van der Waals surface area contributed by atoms with Crippen molar-refractivity contribution >= 4 is 0 Å². The van der Waals surface area contributed by atoms with Crippen LogP contribution in [0, 0.1) is 5.92 Å². The molecule has 4 heteroatoms. The van der Waals surface area contributed by atoms with Gasteiger partial charge in [0.1, 0.15) is 0 Å². The van der Waals surface area contributed by atoms with Crippen LogP contribution in [0.15, 0.2) is 0 Å². The number of morpholine rings is 1. The fraction of sp³-hybridized carbons (Fsp3) is 1.00. The second kappa shape index (κ2) is 6.33. The first-order valence-corrected chi connectivity index (χ1v) is 7.28. The summed E-state index contributed by atoms with van der Waals surface area (Å²) in [6.07, 6.45) is 2.26. The van der Waals surface area contributed by atoms with E-state index in [1.54, 1.807) is 0 Å². The van der Waals surface area contributed by atoms with Gasteiger partial charge >= 0.3 is 0 Å². The number of aliphatic hydroxyl groups is 1. The van der Waals surface area contributed by atoms with Gasteiger partial charge in [0.25, 0.3) is 0 Å². The van der Waals surface area contributed by atoms with Gasteiger partial charge in [-0.2, -0.15) is 0 Å². The maximum Gasteiger partial charge on any atom is 0.0594 e. The minimum Gasteiger partial charge on any atom is -0.396 e. The molecule has 1 unspecified atom stereocenters. The van der Waals surface area contributed by atoms with E-state index < -0.39 is 0 Å². The summed E-state index contributed by atoms with van der Waals surface area (Å²) in [6, 6.07) is 0. The Labute approximate surface area is 111 Å². The Hall–Kier alpha value is -0.160. The van der Waals surface area contributed by atoms with Gasteiger partial charge in [-0.3, -0.25) is 9.80 Å². The minimum atomic E-state index is 0.234. The highest BCUT2D eigenvalue weighted by Crippen LogP contribution is 2.30. The summed E-state index contributed by atoms with van der Waals surface area (Å²) in [4.78, 5) is 5.09. The Kier molecular flexibility index (Phi) is 5.01. The van der Waals surface area contributed by atoms with E-state index in [-0.39, 0.29) is 5.54 Å². The third-order valence-corrected chi connectivity index (χ3v) is 4.50. The number of rotatable bonds is 4. The van der Waals surface area contributed by atoms with Crippen molar-refractivity contribution in [3.8, 4) is 0 Å². The van der Waals surface area contributed by atoms with Crippen molar-refractivity contribution in [2.45, 2.75) is 32.2 Å². The number of nitrogens with zero attached hydrogens (tertiary/aromatic N) is 2. The van der Waals surface area contributed by atoms with Crippen molar-refractivity contribution in [2.24, 2.45) is 5.92 Å². The Balaban J connectivity index is 1.78. The van der Waals surface area contributed by atoms with Crippen molar-refractivity contribution in [2.75, 3.05) is 52.5 Å². The number of aliphatic hydroxyl groups excluding tert-OH is 1. The van der Waals surface area contributed by atoms with Crippen LogP contribution in [0.3, 0.4) is 0 Å². The molecule has 1 atom stereocenters. The van der Waals surface area contributed by atoms with Crippen LogP contribution < -0.4 is 0 Å². The zero-order valence-electron chi connectivity index (χ0n) is 11.9. The topological polar surface area (TPSA) is 35.9 Å². The molecule has 2 aliphatic heterocycles. The third-order valence-electron chi connectivity index (χ3n) is 4.50. The summed E-state index contributed by atoms with van der Waals surface area (Å²) in [5, 5.41) is 9.30. The van der Waals surface area contributed by atoms with Crippen LogP contribution in [0.25, 0.3) is 0 Å². The third kappa shape index (κ3) is 3.67. The molecule has 2 saturated heterocycles. The van der Waals surface area contributed by atoms with Crippen LogP contribution in [0.4, 0.5) is 0 Å². The first kappa shape index (κ1) is 14.3. The summed E-state index contributed by atoms with van der Waals surface area (Å²) in [5.74, 6) is 0.500. The molecule has 0 aromatic rings. The van der Waals surface area contributed by atoms with Gasteiger partial charge in [0.2, 0.25) is 0 Å². The van der Waals surface area contributed by atoms with E-state index in [4.69, 9.17) is 4.74 Å². The molecular formula is C14H28N2O2. The van der Waals surface area contributed by atoms with Gasteiger partial charge in [0, 0.05) is 38.3 Å². The van der Waals surface area contributed by atoms with E-state index in [0.717, 1.165) is 58.8 Å². The Bertz CT molecular complexity index is 252. The number of hydrogen-bond donors (Lipinski definition) is 1. The quantitative estimate of drug-likeness (QED) is 0.807. The molecule has 2 fully saturated rings. The molecule has 2 rings (SSSR count). The van der Waals surface area contributed by atoms with Crippen LogP contribution in [-0.2, 0) is 4.74 Å². The highest BCUT2D eigenvalue weighted by molar-refractivity contribution is 4.89. The molecule has 2 aliphatic rings. The fourth-order valence-corrected chi connectivity index (χ4v) is 3.24. The van der Waals surface area contributed by atoms with Crippen molar-refractivity contribution in [1.29, 1.82) is 0 Å². The van der Waals surface area contributed by atoms with Crippen molar-refractivity contribution < 1.29 is 9.84 Å². The lowest BCUT2D eigenvalue weighted by molar-refractivity contribution is 0.00221. The zero-order valence-corrected chi connectivity index (χ0v) is 11.9. The van der Waals surface area contributed by atoms with Crippen LogP contribution in [-0.4, -0.2) is 73.0 Å². The lowest BCUT2D eigenvalue weighted by Crippen LogP contribution is -2.53. The highest BCUT2D eigenvalue weighted by atomic mass is 16.5. The number of hydrogen-bond acceptors (Lipinski definition) is 4. The summed E-state index contributed by atoms with van der Waals surface area (Å²) in [7, 11) is 0. The lowest BCUT2D eigenvalue weighted by Gasteiger charge is -2.46. The van der Waals surface area contributed by atoms with Gasteiger partial charge in [0.15, 0.2) is 0 Å². The SMILES string of the molecule is CC1(C)CC(CO)CCN1CCN1CCOCC1. The molecule has 0 spiro atoms. The Morgan fingerprint density at radius 2 is 1.89 bits per heavy atom.